The van der Waals surface area contributed by atoms with Crippen LogP contribution in [0.4, 0.5) is 44.1 Å². The predicted octanol–water partition coefficient (Wildman–Crippen LogP) is 6.76. The quantitative estimate of drug-likeness (QED) is 0.247. The number of pyridine rings is 1. The summed E-state index contributed by atoms with van der Waals surface area (Å²) >= 11 is 12.2. The minimum absolute atomic E-state index is 0.246. The fraction of sp³-hybridized carbons (Fsp3) is 0.148. The lowest BCUT2D eigenvalue weighted by molar-refractivity contribution is 0.251. The number of rotatable bonds is 5. The minimum Gasteiger partial charge on any atom is -0.323 e. The number of hydrogen-bond acceptors (Lipinski definition) is 6. The Morgan fingerprint density at radius 1 is 0.974 bits per heavy atom. The molecular formula is C27H24Cl2N8O2. The molecule has 0 spiro atoms. The molecule has 39 heavy (non-hydrogen) atoms. The van der Waals surface area contributed by atoms with Gasteiger partial charge in [0.2, 0.25) is 5.95 Å². The number of aromatic nitrogens is 3. The van der Waals surface area contributed by atoms with E-state index in [1.165, 1.54) is 4.90 Å². The second-order valence-electron chi connectivity index (χ2n) is 8.97. The van der Waals surface area contributed by atoms with E-state index in [9.17, 15) is 9.59 Å². The fourth-order valence-corrected chi connectivity index (χ4v) is 4.44. The van der Waals surface area contributed by atoms with Crippen LogP contribution < -0.4 is 25.8 Å². The Balaban J connectivity index is 1.35. The Morgan fingerprint density at radius 2 is 1.77 bits per heavy atom. The summed E-state index contributed by atoms with van der Waals surface area (Å²) in [5.41, 5.74) is 4.79. The van der Waals surface area contributed by atoms with Crippen LogP contribution >= 0.6 is 23.2 Å². The van der Waals surface area contributed by atoms with Gasteiger partial charge in [-0.1, -0.05) is 35.3 Å². The summed E-state index contributed by atoms with van der Waals surface area (Å²) in [6.45, 7) is 4.07. The zero-order valence-electron chi connectivity index (χ0n) is 21.3. The first kappa shape index (κ1) is 26.2. The average molecular weight is 563 g/mol. The molecule has 3 heterocycles. The molecule has 0 saturated heterocycles. The van der Waals surface area contributed by atoms with Crippen LogP contribution in [0.2, 0.25) is 10.0 Å². The van der Waals surface area contributed by atoms with Crippen molar-refractivity contribution in [3.8, 4) is 0 Å². The number of carbonyl (C=O) groups is 2. The number of urea groups is 2. The third kappa shape index (κ3) is 5.57. The zero-order valence-corrected chi connectivity index (χ0v) is 22.8. The summed E-state index contributed by atoms with van der Waals surface area (Å²) in [6, 6.07) is 13.3. The Labute approximate surface area is 235 Å². The lowest BCUT2D eigenvalue weighted by Crippen LogP contribution is -2.46. The van der Waals surface area contributed by atoms with Gasteiger partial charge in [0.15, 0.2) is 0 Å². The molecule has 0 fully saturated rings. The number of nitrogens with zero attached hydrogens (tertiary/aromatic N) is 5. The highest BCUT2D eigenvalue weighted by molar-refractivity contribution is 6.44. The summed E-state index contributed by atoms with van der Waals surface area (Å²) in [6.07, 6.45) is 3.39. The minimum atomic E-state index is -0.501. The number of benzene rings is 2. The second kappa shape index (κ2) is 10.8. The summed E-state index contributed by atoms with van der Waals surface area (Å²) < 4.78 is 0. The highest BCUT2D eigenvalue weighted by Gasteiger charge is 2.31. The van der Waals surface area contributed by atoms with Gasteiger partial charge in [-0.2, -0.15) is 4.98 Å². The van der Waals surface area contributed by atoms with E-state index in [4.69, 9.17) is 23.2 Å². The van der Waals surface area contributed by atoms with Gasteiger partial charge in [0.05, 0.1) is 39.8 Å². The van der Waals surface area contributed by atoms with Gasteiger partial charge >= 0.3 is 12.1 Å². The van der Waals surface area contributed by atoms with Crippen molar-refractivity contribution in [3.63, 3.8) is 0 Å². The zero-order chi connectivity index (χ0) is 27.7. The molecule has 0 bridgehead atoms. The number of anilines is 6. The van der Waals surface area contributed by atoms with Crippen LogP contribution in [0.1, 0.15) is 16.8 Å². The van der Waals surface area contributed by atoms with E-state index >= 15 is 0 Å². The van der Waals surface area contributed by atoms with Crippen LogP contribution in [-0.2, 0) is 6.54 Å². The highest BCUT2D eigenvalue weighted by atomic mass is 35.5. The molecule has 0 radical (unpaired) electrons. The van der Waals surface area contributed by atoms with E-state index in [1.807, 2.05) is 32.0 Å². The number of nitrogens with one attached hydrogen (secondary N) is 3. The Bertz CT molecular complexity index is 1580. The van der Waals surface area contributed by atoms with E-state index in [-0.39, 0.29) is 17.6 Å². The lowest BCUT2D eigenvalue weighted by atomic mass is 10.1. The topological polar surface area (TPSA) is 115 Å². The molecule has 2 aromatic carbocycles. The smallest absolute Gasteiger partial charge is 0.323 e. The number of carbonyl (C=O) groups excluding carboxylic acids is 2. The molecule has 4 amide bonds. The molecule has 2 aromatic heterocycles. The van der Waals surface area contributed by atoms with Crippen molar-refractivity contribution in [3.05, 3.63) is 87.8 Å². The largest absolute Gasteiger partial charge is 0.330 e. The predicted molar refractivity (Wildman–Crippen MR) is 155 cm³/mol. The fourth-order valence-electron chi connectivity index (χ4n) is 4.09. The maximum absolute atomic E-state index is 13.4. The van der Waals surface area contributed by atoms with Crippen molar-refractivity contribution >= 4 is 69.8 Å². The maximum atomic E-state index is 13.4. The molecule has 0 atom stereocenters. The monoisotopic (exact) mass is 562 g/mol. The van der Waals surface area contributed by atoms with Gasteiger partial charge in [0, 0.05) is 30.2 Å². The van der Waals surface area contributed by atoms with Crippen molar-refractivity contribution in [2.24, 2.45) is 0 Å². The van der Waals surface area contributed by atoms with Crippen molar-refractivity contribution in [2.45, 2.75) is 20.4 Å². The number of aryl methyl sites for hydroxylation is 2. The second-order valence-corrected chi connectivity index (χ2v) is 9.75. The normalized spacial score (nSPS) is 12.7. The van der Waals surface area contributed by atoms with Crippen LogP contribution in [-0.4, -0.2) is 34.1 Å². The van der Waals surface area contributed by atoms with Gasteiger partial charge in [0.1, 0.15) is 5.82 Å². The molecule has 198 valence electrons. The molecule has 12 heteroatoms. The van der Waals surface area contributed by atoms with Crippen LogP contribution in [0.5, 0.6) is 0 Å². The van der Waals surface area contributed by atoms with Gasteiger partial charge in [-0.05, 0) is 55.8 Å². The summed E-state index contributed by atoms with van der Waals surface area (Å²) in [4.78, 5) is 42.4. The number of fused-ring (bicyclic) bond motifs is 1. The lowest BCUT2D eigenvalue weighted by Gasteiger charge is -2.35. The van der Waals surface area contributed by atoms with Crippen LogP contribution in [0.25, 0.3) is 0 Å². The highest BCUT2D eigenvalue weighted by Crippen LogP contribution is 2.34. The van der Waals surface area contributed by atoms with E-state index in [2.05, 4.69) is 30.9 Å². The van der Waals surface area contributed by atoms with E-state index in [1.54, 1.807) is 54.7 Å². The van der Waals surface area contributed by atoms with Gasteiger partial charge in [-0.15, -0.1) is 0 Å². The van der Waals surface area contributed by atoms with Crippen molar-refractivity contribution < 1.29 is 9.59 Å². The molecule has 4 aromatic rings. The molecule has 10 nitrogen and oxygen atoms in total. The standard InChI is InChI=1S/C27H24Cl2N8O2/c1-15-7-9-18(33-26(38)34-21-6-4-5-20(28)23(21)29)11-22(15)37-14-17-12-31-25(35-24(17)36(3)27(37)39)32-19-10-8-16(2)30-13-19/h4-13H,14H2,1-3H3,(H,31,32,35)(H2,33,34,38). The van der Waals surface area contributed by atoms with E-state index in [0.29, 0.717) is 33.9 Å². The van der Waals surface area contributed by atoms with Crippen molar-refractivity contribution in [2.75, 3.05) is 32.8 Å². The van der Waals surface area contributed by atoms with Gasteiger partial charge in [0.25, 0.3) is 0 Å². The molecule has 3 N–H and O–H groups in total. The van der Waals surface area contributed by atoms with Gasteiger partial charge in [-0.25, -0.2) is 14.6 Å². The Hall–Kier alpha value is -4.41. The SMILES string of the molecule is Cc1ccc(Nc2ncc3c(n2)N(C)C(=O)N(c2cc(NC(=O)Nc4cccc(Cl)c4Cl)ccc2C)C3)cn1. The van der Waals surface area contributed by atoms with Crippen molar-refractivity contribution in [1.82, 2.24) is 15.0 Å². The molecule has 0 saturated carbocycles. The van der Waals surface area contributed by atoms with Crippen molar-refractivity contribution in [1.29, 1.82) is 0 Å². The molecule has 5 rings (SSSR count). The number of amides is 4. The average Bonchev–Trinajstić information content (AvgIpc) is 2.91. The van der Waals surface area contributed by atoms with E-state index < -0.39 is 6.03 Å². The Kier molecular flexibility index (Phi) is 7.23. The number of hydrogen-bond donors (Lipinski definition) is 3. The molecule has 0 aliphatic carbocycles. The Morgan fingerprint density at radius 3 is 2.54 bits per heavy atom. The molecule has 0 unspecified atom stereocenters. The third-order valence-electron chi connectivity index (χ3n) is 6.13. The first-order chi connectivity index (χ1) is 18.7. The summed E-state index contributed by atoms with van der Waals surface area (Å²) in [5, 5.41) is 9.17. The maximum Gasteiger partial charge on any atom is 0.330 e. The van der Waals surface area contributed by atoms with Crippen LogP contribution in [0.3, 0.4) is 0 Å². The van der Waals surface area contributed by atoms with Crippen LogP contribution in [0, 0.1) is 13.8 Å². The first-order valence-electron chi connectivity index (χ1n) is 11.9. The molecular weight excluding hydrogens is 539 g/mol. The summed E-state index contributed by atoms with van der Waals surface area (Å²) in [7, 11) is 1.66. The number of halogens is 2. The van der Waals surface area contributed by atoms with E-state index in [0.717, 1.165) is 22.5 Å². The molecule has 1 aliphatic rings. The first-order valence-corrected chi connectivity index (χ1v) is 12.7. The summed E-state index contributed by atoms with van der Waals surface area (Å²) in [5.74, 6) is 0.874. The van der Waals surface area contributed by atoms with Gasteiger partial charge < -0.3 is 16.0 Å². The third-order valence-corrected chi connectivity index (χ3v) is 6.95. The van der Waals surface area contributed by atoms with Crippen LogP contribution in [0.15, 0.2) is 60.9 Å². The van der Waals surface area contributed by atoms with Gasteiger partial charge in [-0.3, -0.25) is 14.8 Å². The molecule has 1 aliphatic heterocycles.